The van der Waals surface area contributed by atoms with Crippen molar-refractivity contribution in [2.24, 2.45) is 0 Å². The van der Waals surface area contributed by atoms with Gasteiger partial charge in [-0.3, -0.25) is 19.3 Å². The van der Waals surface area contributed by atoms with Gasteiger partial charge < -0.3 is 9.73 Å². The molecule has 1 aliphatic heterocycles. The van der Waals surface area contributed by atoms with Gasteiger partial charge in [-0.05, 0) is 42.7 Å². The Labute approximate surface area is 192 Å². The van der Waals surface area contributed by atoms with Gasteiger partial charge in [-0.15, -0.1) is 11.8 Å². The quantitative estimate of drug-likeness (QED) is 0.597. The van der Waals surface area contributed by atoms with Crippen molar-refractivity contribution < 1.29 is 18.8 Å². The molecule has 0 bridgehead atoms. The lowest BCUT2D eigenvalue weighted by molar-refractivity contribution is -0.139. The van der Waals surface area contributed by atoms with E-state index in [9.17, 15) is 14.4 Å². The number of nitrogens with one attached hydrogen (secondary N) is 1. The SMILES string of the molecule is CC(=O)Nc1ccc(C2=C(SCc3ccco3)C(=O)N(C3CCCCCCC3)C2=O)cc1. The molecule has 1 aromatic heterocycles. The van der Waals surface area contributed by atoms with Crippen LogP contribution in [-0.2, 0) is 20.1 Å². The molecule has 2 aliphatic rings. The molecule has 0 radical (unpaired) electrons. The van der Waals surface area contributed by atoms with Gasteiger partial charge in [0, 0.05) is 18.7 Å². The maximum absolute atomic E-state index is 13.6. The Bertz CT molecular complexity index is 1000. The Kier molecular flexibility index (Phi) is 7.15. The first kappa shape index (κ1) is 22.4. The number of thioether (sulfide) groups is 1. The summed E-state index contributed by atoms with van der Waals surface area (Å²) in [6, 6.07) is 10.7. The van der Waals surface area contributed by atoms with Crippen LogP contribution in [0.15, 0.2) is 52.0 Å². The van der Waals surface area contributed by atoms with E-state index in [0.29, 0.717) is 27.5 Å². The molecule has 7 heteroatoms. The number of nitrogens with zero attached hydrogens (tertiary/aromatic N) is 1. The van der Waals surface area contributed by atoms with Crippen molar-refractivity contribution in [3.05, 3.63) is 58.9 Å². The Morgan fingerprint density at radius 1 is 1.03 bits per heavy atom. The molecule has 1 aromatic carbocycles. The summed E-state index contributed by atoms with van der Waals surface area (Å²) in [5.41, 5.74) is 1.79. The average molecular weight is 453 g/mol. The minimum Gasteiger partial charge on any atom is -0.468 e. The number of amides is 3. The summed E-state index contributed by atoms with van der Waals surface area (Å²) in [5, 5.41) is 2.74. The predicted octanol–water partition coefficient (Wildman–Crippen LogP) is 5.36. The van der Waals surface area contributed by atoms with Crippen LogP contribution >= 0.6 is 11.8 Å². The number of furan rings is 1. The van der Waals surface area contributed by atoms with Crippen molar-refractivity contribution in [2.75, 3.05) is 5.32 Å². The number of rotatable bonds is 6. The molecule has 4 rings (SSSR count). The fraction of sp³-hybridized carbons (Fsp3) is 0.400. The van der Waals surface area contributed by atoms with Gasteiger partial charge >= 0.3 is 0 Å². The van der Waals surface area contributed by atoms with Crippen LogP contribution < -0.4 is 5.32 Å². The molecule has 1 aliphatic carbocycles. The van der Waals surface area contributed by atoms with Gasteiger partial charge in [-0.2, -0.15) is 0 Å². The molecule has 32 heavy (non-hydrogen) atoms. The van der Waals surface area contributed by atoms with Crippen molar-refractivity contribution in [2.45, 2.75) is 63.7 Å². The van der Waals surface area contributed by atoms with Crippen molar-refractivity contribution in [3.8, 4) is 0 Å². The smallest absolute Gasteiger partial charge is 0.268 e. The predicted molar refractivity (Wildman–Crippen MR) is 126 cm³/mol. The van der Waals surface area contributed by atoms with Crippen LogP contribution in [-0.4, -0.2) is 28.7 Å². The normalized spacial score (nSPS) is 18.1. The molecule has 168 valence electrons. The Hall–Kier alpha value is -2.80. The first-order valence-electron chi connectivity index (χ1n) is 11.2. The van der Waals surface area contributed by atoms with Gasteiger partial charge in [-0.1, -0.05) is 44.2 Å². The molecule has 0 atom stereocenters. The molecule has 2 aromatic rings. The van der Waals surface area contributed by atoms with Crippen molar-refractivity contribution in [1.29, 1.82) is 0 Å². The molecule has 1 fully saturated rings. The third-order valence-corrected chi connectivity index (χ3v) is 7.04. The summed E-state index contributed by atoms with van der Waals surface area (Å²) in [7, 11) is 0. The van der Waals surface area contributed by atoms with Crippen molar-refractivity contribution in [1.82, 2.24) is 4.90 Å². The molecular weight excluding hydrogens is 424 g/mol. The first-order valence-corrected chi connectivity index (χ1v) is 12.2. The number of imide groups is 1. The van der Waals surface area contributed by atoms with E-state index in [0.717, 1.165) is 44.3 Å². The lowest BCUT2D eigenvalue weighted by Gasteiger charge is -2.28. The second kappa shape index (κ2) is 10.2. The largest absolute Gasteiger partial charge is 0.468 e. The van der Waals surface area contributed by atoms with Crippen molar-refractivity contribution in [3.63, 3.8) is 0 Å². The fourth-order valence-corrected chi connectivity index (χ4v) is 5.42. The number of hydrogen-bond acceptors (Lipinski definition) is 5. The van der Waals surface area contributed by atoms with Gasteiger partial charge in [0.25, 0.3) is 11.8 Å². The molecule has 6 nitrogen and oxygen atoms in total. The monoisotopic (exact) mass is 452 g/mol. The zero-order valence-electron chi connectivity index (χ0n) is 18.3. The molecular formula is C25H28N2O4S. The summed E-state index contributed by atoms with van der Waals surface area (Å²) in [4.78, 5) is 40.4. The first-order chi connectivity index (χ1) is 15.5. The van der Waals surface area contributed by atoms with Gasteiger partial charge in [0.2, 0.25) is 5.91 Å². The van der Waals surface area contributed by atoms with E-state index in [1.54, 1.807) is 30.5 Å². The van der Waals surface area contributed by atoms with Gasteiger partial charge in [0.05, 0.1) is 22.5 Å². The summed E-state index contributed by atoms with van der Waals surface area (Å²) >= 11 is 1.35. The number of anilines is 1. The maximum Gasteiger partial charge on any atom is 0.268 e. The lowest BCUT2D eigenvalue weighted by atomic mass is 9.95. The summed E-state index contributed by atoms with van der Waals surface area (Å²) in [6.07, 6.45) is 8.94. The van der Waals surface area contributed by atoms with E-state index < -0.39 is 0 Å². The average Bonchev–Trinajstić information content (AvgIpc) is 3.34. The molecule has 1 N–H and O–H groups in total. The highest BCUT2D eigenvalue weighted by Gasteiger charge is 2.42. The summed E-state index contributed by atoms with van der Waals surface area (Å²) < 4.78 is 5.43. The highest BCUT2D eigenvalue weighted by Crippen LogP contribution is 2.40. The molecule has 0 unspecified atom stereocenters. The van der Waals surface area contributed by atoms with Crippen LogP contribution in [0, 0.1) is 0 Å². The Morgan fingerprint density at radius 2 is 1.72 bits per heavy atom. The maximum atomic E-state index is 13.6. The van der Waals surface area contributed by atoms with Crippen LogP contribution in [0.3, 0.4) is 0 Å². The summed E-state index contributed by atoms with van der Waals surface area (Å²) in [5.74, 6) is 0.669. The number of carbonyl (C=O) groups excluding carboxylic acids is 3. The van der Waals surface area contributed by atoms with Crippen LogP contribution in [0.5, 0.6) is 0 Å². The highest BCUT2D eigenvalue weighted by atomic mass is 32.2. The molecule has 0 spiro atoms. The van der Waals surface area contributed by atoms with Gasteiger partial charge in [-0.25, -0.2) is 0 Å². The minimum absolute atomic E-state index is 0.0503. The third-order valence-electron chi connectivity index (χ3n) is 5.95. The Balaban J connectivity index is 1.64. The fourth-order valence-electron chi connectivity index (χ4n) is 4.40. The van der Waals surface area contributed by atoms with E-state index in [-0.39, 0.29) is 23.8 Å². The van der Waals surface area contributed by atoms with E-state index in [1.165, 1.54) is 30.0 Å². The summed E-state index contributed by atoms with van der Waals surface area (Å²) in [6.45, 7) is 1.45. The minimum atomic E-state index is -0.213. The molecule has 2 heterocycles. The number of hydrogen-bond donors (Lipinski definition) is 1. The van der Waals surface area contributed by atoms with Crippen LogP contribution in [0.25, 0.3) is 5.57 Å². The van der Waals surface area contributed by atoms with Crippen molar-refractivity contribution >= 4 is 40.7 Å². The van der Waals surface area contributed by atoms with Crippen LogP contribution in [0.1, 0.15) is 63.2 Å². The lowest BCUT2D eigenvalue weighted by Crippen LogP contribution is -2.41. The second-order valence-electron chi connectivity index (χ2n) is 8.31. The number of carbonyl (C=O) groups is 3. The van der Waals surface area contributed by atoms with E-state index in [2.05, 4.69) is 5.32 Å². The standard InChI is InChI=1S/C25H28N2O4S/c1-17(28)26-19-13-11-18(12-14-19)22-23(32-16-21-10-7-15-31-21)25(30)27(24(22)29)20-8-5-3-2-4-6-9-20/h7,10-15,20H,2-6,8-9,16H2,1H3,(H,26,28). The third kappa shape index (κ3) is 4.99. The molecule has 3 amide bonds. The topological polar surface area (TPSA) is 79.6 Å². The zero-order chi connectivity index (χ0) is 22.5. The van der Waals surface area contributed by atoms with E-state index in [1.807, 2.05) is 12.1 Å². The molecule has 0 saturated heterocycles. The van der Waals surface area contributed by atoms with Crippen LogP contribution in [0.4, 0.5) is 5.69 Å². The molecule has 1 saturated carbocycles. The second-order valence-corrected chi connectivity index (χ2v) is 9.30. The van der Waals surface area contributed by atoms with E-state index in [4.69, 9.17) is 4.42 Å². The van der Waals surface area contributed by atoms with Gasteiger partial charge in [0.15, 0.2) is 0 Å². The number of benzene rings is 1. The van der Waals surface area contributed by atoms with E-state index >= 15 is 0 Å². The van der Waals surface area contributed by atoms with Gasteiger partial charge in [0.1, 0.15) is 5.76 Å². The Morgan fingerprint density at radius 3 is 2.34 bits per heavy atom. The highest BCUT2D eigenvalue weighted by molar-refractivity contribution is 8.03. The van der Waals surface area contributed by atoms with Crippen LogP contribution in [0.2, 0.25) is 0 Å². The zero-order valence-corrected chi connectivity index (χ0v) is 19.1.